The highest BCUT2D eigenvalue weighted by molar-refractivity contribution is 7.16. The molecule has 2 aromatic heterocycles. The number of fused-ring (bicyclic) bond motifs is 3. The number of nitrogens with zero attached hydrogens (tertiary/aromatic N) is 5. The van der Waals surface area contributed by atoms with Crippen LogP contribution in [0.2, 0.25) is 0 Å². The minimum Gasteiger partial charge on any atom is -0.347 e. The van der Waals surface area contributed by atoms with Gasteiger partial charge in [-0.15, -0.1) is 11.3 Å². The molecule has 2 aliphatic rings. The minimum atomic E-state index is 0.278. The first-order valence-corrected chi connectivity index (χ1v) is 11.8. The summed E-state index contributed by atoms with van der Waals surface area (Å²) in [5, 5.41) is 8.99. The maximum atomic E-state index is 12.9. The number of pyridine rings is 1. The number of rotatable bonds is 6. The zero-order chi connectivity index (χ0) is 21.2. The van der Waals surface area contributed by atoms with Crippen LogP contribution >= 0.6 is 11.3 Å². The third-order valence-corrected chi connectivity index (χ3v) is 7.42. The average Bonchev–Trinajstić information content (AvgIpc) is 3.39. The number of carbonyl (C=O) groups is 1. The number of likely N-dealkylation sites (tertiary alicyclic amines) is 1. The molecule has 0 N–H and O–H groups in total. The number of carbonyl (C=O) groups excluding carboxylic acids is 1. The molecule has 0 saturated carbocycles. The fraction of sp³-hybridized carbons (Fsp3) is 0.417. The van der Waals surface area contributed by atoms with Crippen LogP contribution in [0.15, 0.2) is 42.0 Å². The molecular formula is C24H25N5OS. The monoisotopic (exact) mass is 431 g/mol. The van der Waals surface area contributed by atoms with E-state index in [4.69, 9.17) is 5.26 Å². The first kappa shape index (κ1) is 20.0. The van der Waals surface area contributed by atoms with Crippen molar-refractivity contribution in [3.05, 3.63) is 53.2 Å². The molecule has 5 rings (SSSR count). The number of anilines is 1. The molecule has 3 aromatic rings. The smallest absolute Gasteiger partial charge is 0.222 e. The molecule has 2 saturated heterocycles. The lowest BCUT2D eigenvalue weighted by atomic mass is 10.1. The molecule has 31 heavy (non-hydrogen) atoms. The van der Waals surface area contributed by atoms with Gasteiger partial charge in [0.1, 0.15) is 11.9 Å². The summed E-state index contributed by atoms with van der Waals surface area (Å²) in [6, 6.07) is 12.8. The molecule has 0 radical (unpaired) electrons. The van der Waals surface area contributed by atoms with Crippen molar-refractivity contribution in [1.82, 2.24) is 14.9 Å². The maximum absolute atomic E-state index is 12.9. The van der Waals surface area contributed by atoms with Gasteiger partial charge in [-0.2, -0.15) is 5.26 Å². The second kappa shape index (κ2) is 8.64. The fourth-order valence-electron chi connectivity index (χ4n) is 4.98. The van der Waals surface area contributed by atoms with Crippen molar-refractivity contribution in [1.29, 1.82) is 5.26 Å². The van der Waals surface area contributed by atoms with E-state index in [0.29, 0.717) is 24.1 Å². The van der Waals surface area contributed by atoms with Crippen molar-refractivity contribution >= 4 is 33.3 Å². The SMILES string of the molecule is N#Cc1ccc(N2C3CCC2CN(C(=O)CCCCc2cccc4ncsc24)C3)nc1. The minimum absolute atomic E-state index is 0.278. The molecule has 158 valence electrons. The normalized spacial score (nSPS) is 20.2. The molecule has 7 heteroatoms. The summed E-state index contributed by atoms with van der Waals surface area (Å²) in [6.45, 7) is 1.55. The topological polar surface area (TPSA) is 73.1 Å². The highest BCUT2D eigenvalue weighted by Gasteiger charge is 2.41. The van der Waals surface area contributed by atoms with E-state index in [1.165, 1.54) is 10.3 Å². The average molecular weight is 432 g/mol. The molecule has 1 aromatic carbocycles. The number of aryl methyl sites for hydroxylation is 1. The van der Waals surface area contributed by atoms with Crippen LogP contribution in [0.1, 0.15) is 43.2 Å². The van der Waals surface area contributed by atoms with Gasteiger partial charge in [0.15, 0.2) is 0 Å². The Balaban J connectivity index is 1.14. The van der Waals surface area contributed by atoms with Gasteiger partial charge in [-0.05, 0) is 55.9 Å². The van der Waals surface area contributed by atoms with Crippen LogP contribution < -0.4 is 4.90 Å². The van der Waals surface area contributed by atoms with E-state index in [9.17, 15) is 4.79 Å². The number of thiazole rings is 1. The zero-order valence-corrected chi connectivity index (χ0v) is 18.2. The van der Waals surface area contributed by atoms with E-state index in [2.05, 4.69) is 44.0 Å². The first-order chi connectivity index (χ1) is 15.2. The number of amides is 1. The predicted octanol–water partition coefficient (Wildman–Crippen LogP) is 4.16. The second-order valence-corrected chi connectivity index (χ2v) is 9.29. The highest BCUT2D eigenvalue weighted by Crippen LogP contribution is 2.34. The van der Waals surface area contributed by atoms with Gasteiger partial charge in [0, 0.05) is 37.8 Å². The molecule has 2 atom stereocenters. The standard InChI is InChI=1S/C24H25N5OS/c25-12-17-8-11-22(26-13-17)29-19-9-10-20(29)15-28(14-19)23(30)7-2-1-4-18-5-3-6-21-24(18)31-16-27-21/h3,5-6,8,11,13,16,19-20H,1-2,4,7,9-10,14-15H2. The molecule has 4 heterocycles. The lowest BCUT2D eigenvalue weighted by molar-refractivity contribution is -0.132. The van der Waals surface area contributed by atoms with Crippen LogP contribution in [-0.2, 0) is 11.2 Å². The fourth-order valence-corrected chi connectivity index (χ4v) is 5.81. The Bertz CT molecular complexity index is 1100. The molecule has 6 nitrogen and oxygen atoms in total. The number of unbranched alkanes of at least 4 members (excludes halogenated alkanes) is 1. The van der Waals surface area contributed by atoms with Crippen molar-refractivity contribution in [2.45, 2.75) is 50.6 Å². The zero-order valence-electron chi connectivity index (χ0n) is 17.4. The van der Waals surface area contributed by atoms with Gasteiger partial charge >= 0.3 is 0 Å². The Kier molecular flexibility index (Phi) is 5.56. The summed E-state index contributed by atoms with van der Waals surface area (Å²) >= 11 is 1.70. The molecule has 0 aliphatic carbocycles. The van der Waals surface area contributed by atoms with Crippen molar-refractivity contribution < 1.29 is 4.79 Å². The number of hydrogen-bond donors (Lipinski definition) is 0. The Hall–Kier alpha value is -2.98. The Morgan fingerprint density at radius 2 is 1.97 bits per heavy atom. The van der Waals surface area contributed by atoms with E-state index in [-0.39, 0.29) is 5.91 Å². The van der Waals surface area contributed by atoms with Crippen molar-refractivity contribution in [2.75, 3.05) is 18.0 Å². The van der Waals surface area contributed by atoms with E-state index in [0.717, 1.165) is 56.5 Å². The molecule has 2 fully saturated rings. The number of hydrogen-bond acceptors (Lipinski definition) is 6. The van der Waals surface area contributed by atoms with Gasteiger partial charge in [-0.25, -0.2) is 9.97 Å². The van der Waals surface area contributed by atoms with Crippen molar-refractivity contribution in [3.63, 3.8) is 0 Å². The first-order valence-electron chi connectivity index (χ1n) is 11.0. The quantitative estimate of drug-likeness (QED) is 0.548. The van der Waals surface area contributed by atoms with Crippen LogP contribution in [0.4, 0.5) is 5.82 Å². The summed E-state index contributed by atoms with van der Waals surface area (Å²) < 4.78 is 1.28. The largest absolute Gasteiger partial charge is 0.347 e. The maximum Gasteiger partial charge on any atom is 0.222 e. The second-order valence-electron chi connectivity index (χ2n) is 8.43. The van der Waals surface area contributed by atoms with Crippen LogP contribution in [0.5, 0.6) is 0 Å². The molecule has 0 spiro atoms. The summed E-state index contributed by atoms with van der Waals surface area (Å²) in [4.78, 5) is 26.2. The molecule has 1 amide bonds. The van der Waals surface area contributed by atoms with Gasteiger partial charge in [0.05, 0.1) is 21.3 Å². The van der Waals surface area contributed by atoms with Crippen LogP contribution in [0.3, 0.4) is 0 Å². The molecule has 2 bridgehead atoms. The third kappa shape index (κ3) is 4.00. The Labute approximate surface area is 186 Å². The van der Waals surface area contributed by atoms with Crippen LogP contribution in [0, 0.1) is 11.3 Å². The molecular weight excluding hydrogens is 406 g/mol. The Morgan fingerprint density at radius 3 is 2.71 bits per heavy atom. The van der Waals surface area contributed by atoms with Crippen LogP contribution in [0.25, 0.3) is 10.2 Å². The van der Waals surface area contributed by atoms with Gasteiger partial charge in [0.25, 0.3) is 0 Å². The summed E-state index contributed by atoms with van der Waals surface area (Å²) in [7, 11) is 0. The summed E-state index contributed by atoms with van der Waals surface area (Å²) in [5.41, 5.74) is 4.90. The van der Waals surface area contributed by atoms with E-state index < -0.39 is 0 Å². The van der Waals surface area contributed by atoms with E-state index in [1.54, 1.807) is 17.5 Å². The Morgan fingerprint density at radius 1 is 1.13 bits per heavy atom. The molecule has 2 aliphatic heterocycles. The number of aromatic nitrogens is 2. The molecule has 2 unspecified atom stereocenters. The van der Waals surface area contributed by atoms with Gasteiger partial charge in [0.2, 0.25) is 5.91 Å². The van der Waals surface area contributed by atoms with E-state index in [1.807, 2.05) is 17.6 Å². The van der Waals surface area contributed by atoms with Gasteiger partial charge in [-0.3, -0.25) is 4.79 Å². The predicted molar refractivity (Wildman–Crippen MR) is 122 cm³/mol. The highest BCUT2D eigenvalue weighted by atomic mass is 32.1. The van der Waals surface area contributed by atoms with Crippen LogP contribution in [-0.4, -0.2) is 45.9 Å². The summed E-state index contributed by atoms with van der Waals surface area (Å²) in [5.74, 6) is 1.20. The third-order valence-electron chi connectivity index (χ3n) is 6.50. The lowest BCUT2D eigenvalue weighted by Crippen LogP contribution is -2.55. The van der Waals surface area contributed by atoms with E-state index >= 15 is 0 Å². The van der Waals surface area contributed by atoms with Crippen molar-refractivity contribution in [3.8, 4) is 6.07 Å². The number of nitriles is 1. The number of benzene rings is 1. The van der Waals surface area contributed by atoms with Gasteiger partial charge < -0.3 is 9.80 Å². The number of piperazine rings is 1. The lowest BCUT2D eigenvalue weighted by Gasteiger charge is -2.41. The van der Waals surface area contributed by atoms with Gasteiger partial charge in [-0.1, -0.05) is 12.1 Å². The summed E-state index contributed by atoms with van der Waals surface area (Å²) in [6.07, 6.45) is 7.37. The van der Waals surface area contributed by atoms with Crippen molar-refractivity contribution in [2.24, 2.45) is 0 Å².